The van der Waals surface area contributed by atoms with Crippen molar-refractivity contribution in [3.8, 4) is 0 Å². The van der Waals surface area contributed by atoms with Gasteiger partial charge in [0.1, 0.15) is 0 Å². The SMILES string of the molecule is CCCn1cc(C(O)CC(C)(C)OC)cn1. The standard InChI is InChI=1S/C12H22N2O2/c1-5-6-14-9-10(8-13-14)11(15)7-12(2,3)16-4/h8-9,11,15H,5-7H2,1-4H3. The van der Waals surface area contributed by atoms with Crippen LogP contribution in [0.15, 0.2) is 12.4 Å². The zero-order valence-electron chi connectivity index (χ0n) is 10.6. The van der Waals surface area contributed by atoms with E-state index in [1.807, 2.05) is 24.7 Å². The first-order chi connectivity index (χ1) is 7.48. The molecular formula is C12H22N2O2. The summed E-state index contributed by atoms with van der Waals surface area (Å²) in [4.78, 5) is 0. The summed E-state index contributed by atoms with van der Waals surface area (Å²) in [6.07, 6.45) is 4.73. The van der Waals surface area contributed by atoms with Gasteiger partial charge >= 0.3 is 0 Å². The lowest BCUT2D eigenvalue weighted by atomic mass is 9.98. The highest BCUT2D eigenvalue weighted by Crippen LogP contribution is 2.25. The number of aryl methyl sites for hydroxylation is 1. The molecule has 1 aromatic rings. The highest BCUT2D eigenvalue weighted by Gasteiger charge is 2.23. The maximum atomic E-state index is 10.0. The second kappa shape index (κ2) is 5.46. The van der Waals surface area contributed by atoms with Crippen molar-refractivity contribution in [3.05, 3.63) is 18.0 Å². The summed E-state index contributed by atoms with van der Waals surface area (Å²) in [7, 11) is 1.66. The lowest BCUT2D eigenvalue weighted by molar-refractivity contribution is -0.0201. The summed E-state index contributed by atoms with van der Waals surface area (Å²) in [5.41, 5.74) is 0.547. The summed E-state index contributed by atoms with van der Waals surface area (Å²) in [6.45, 7) is 6.92. The summed E-state index contributed by atoms with van der Waals surface area (Å²) in [6, 6.07) is 0. The van der Waals surface area contributed by atoms with Crippen LogP contribution in [0.3, 0.4) is 0 Å². The smallest absolute Gasteiger partial charge is 0.0847 e. The van der Waals surface area contributed by atoms with Crippen LogP contribution in [-0.4, -0.2) is 27.6 Å². The minimum absolute atomic E-state index is 0.313. The number of hydrogen-bond acceptors (Lipinski definition) is 3. The van der Waals surface area contributed by atoms with Crippen molar-refractivity contribution in [1.82, 2.24) is 9.78 Å². The van der Waals surface area contributed by atoms with Crippen molar-refractivity contribution in [3.63, 3.8) is 0 Å². The van der Waals surface area contributed by atoms with E-state index in [9.17, 15) is 5.11 Å². The lowest BCUT2D eigenvalue weighted by Gasteiger charge is -2.25. The Balaban J connectivity index is 2.62. The highest BCUT2D eigenvalue weighted by molar-refractivity contribution is 5.08. The number of aliphatic hydroxyl groups is 1. The van der Waals surface area contributed by atoms with Crippen LogP contribution in [0.25, 0.3) is 0 Å². The van der Waals surface area contributed by atoms with E-state index in [4.69, 9.17) is 4.74 Å². The molecule has 0 aromatic carbocycles. The van der Waals surface area contributed by atoms with Gasteiger partial charge in [-0.3, -0.25) is 4.68 Å². The monoisotopic (exact) mass is 226 g/mol. The van der Waals surface area contributed by atoms with E-state index >= 15 is 0 Å². The Morgan fingerprint density at radius 3 is 2.81 bits per heavy atom. The van der Waals surface area contributed by atoms with Crippen LogP contribution in [-0.2, 0) is 11.3 Å². The van der Waals surface area contributed by atoms with Crippen molar-refractivity contribution in [2.45, 2.75) is 51.9 Å². The second-order valence-corrected chi connectivity index (χ2v) is 4.72. The molecule has 0 bridgehead atoms. The quantitative estimate of drug-likeness (QED) is 0.808. The molecule has 0 aliphatic carbocycles. The van der Waals surface area contributed by atoms with Gasteiger partial charge in [0.2, 0.25) is 0 Å². The predicted molar refractivity (Wildman–Crippen MR) is 63.2 cm³/mol. The highest BCUT2D eigenvalue weighted by atomic mass is 16.5. The Morgan fingerprint density at radius 1 is 1.56 bits per heavy atom. The van der Waals surface area contributed by atoms with E-state index in [-0.39, 0.29) is 5.60 Å². The fraction of sp³-hybridized carbons (Fsp3) is 0.750. The molecule has 0 amide bonds. The van der Waals surface area contributed by atoms with Crippen LogP contribution < -0.4 is 0 Å². The Labute approximate surface area is 97.2 Å². The molecule has 1 heterocycles. The van der Waals surface area contributed by atoms with Crippen LogP contribution in [0, 0.1) is 0 Å². The number of aromatic nitrogens is 2. The van der Waals surface area contributed by atoms with Crippen molar-refractivity contribution >= 4 is 0 Å². The molecule has 0 fully saturated rings. The molecule has 0 aliphatic heterocycles. The molecule has 0 radical (unpaired) electrons. The normalized spacial score (nSPS) is 14.1. The molecule has 4 heteroatoms. The maximum absolute atomic E-state index is 10.0. The van der Waals surface area contributed by atoms with Gasteiger partial charge in [0.25, 0.3) is 0 Å². The summed E-state index contributed by atoms with van der Waals surface area (Å²) in [5.74, 6) is 0. The molecule has 0 aliphatic rings. The van der Waals surface area contributed by atoms with E-state index in [0.29, 0.717) is 6.42 Å². The van der Waals surface area contributed by atoms with E-state index < -0.39 is 6.10 Å². The number of rotatable bonds is 6. The van der Waals surface area contributed by atoms with Crippen molar-refractivity contribution < 1.29 is 9.84 Å². The number of aliphatic hydroxyl groups excluding tert-OH is 1. The van der Waals surface area contributed by atoms with Gasteiger partial charge in [0.15, 0.2) is 0 Å². The first kappa shape index (κ1) is 13.2. The lowest BCUT2D eigenvalue weighted by Crippen LogP contribution is -2.25. The minimum Gasteiger partial charge on any atom is -0.388 e. The van der Waals surface area contributed by atoms with E-state index in [0.717, 1.165) is 18.5 Å². The summed E-state index contributed by atoms with van der Waals surface area (Å²) >= 11 is 0. The van der Waals surface area contributed by atoms with E-state index in [2.05, 4.69) is 12.0 Å². The third kappa shape index (κ3) is 3.61. The number of methoxy groups -OCH3 is 1. The zero-order valence-corrected chi connectivity index (χ0v) is 10.6. The minimum atomic E-state index is -0.513. The van der Waals surface area contributed by atoms with Gasteiger partial charge in [-0.1, -0.05) is 6.92 Å². The van der Waals surface area contributed by atoms with Gasteiger partial charge < -0.3 is 9.84 Å². The zero-order chi connectivity index (χ0) is 12.2. The molecule has 1 rings (SSSR count). The maximum Gasteiger partial charge on any atom is 0.0847 e. The third-order valence-corrected chi connectivity index (χ3v) is 2.73. The summed E-state index contributed by atoms with van der Waals surface area (Å²) in [5, 5.41) is 14.2. The van der Waals surface area contributed by atoms with Crippen LogP contribution in [0.1, 0.15) is 45.3 Å². The molecular weight excluding hydrogens is 204 g/mol. The molecule has 4 nitrogen and oxygen atoms in total. The van der Waals surface area contributed by atoms with Crippen molar-refractivity contribution in [1.29, 1.82) is 0 Å². The average Bonchev–Trinajstić information content (AvgIpc) is 2.66. The predicted octanol–water partition coefficient (Wildman–Crippen LogP) is 2.14. The topological polar surface area (TPSA) is 47.3 Å². The molecule has 1 N–H and O–H groups in total. The Kier molecular flexibility index (Phi) is 4.50. The number of ether oxygens (including phenoxy) is 1. The number of hydrogen-bond donors (Lipinski definition) is 1. The average molecular weight is 226 g/mol. The molecule has 1 atom stereocenters. The van der Waals surface area contributed by atoms with Crippen LogP contribution in [0.4, 0.5) is 0 Å². The van der Waals surface area contributed by atoms with E-state index in [1.165, 1.54) is 0 Å². The largest absolute Gasteiger partial charge is 0.388 e. The first-order valence-corrected chi connectivity index (χ1v) is 5.74. The van der Waals surface area contributed by atoms with Crippen LogP contribution >= 0.6 is 0 Å². The Morgan fingerprint density at radius 2 is 2.25 bits per heavy atom. The van der Waals surface area contributed by atoms with Gasteiger partial charge in [0, 0.05) is 31.8 Å². The van der Waals surface area contributed by atoms with Gasteiger partial charge in [-0.15, -0.1) is 0 Å². The van der Waals surface area contributed by atoms with Crippen molar-refractivity contribution in [2.75, 3.05) is 7.11 Å². The van der Waals surface area contributed by atoms with Gasteiger partial charge in [0.05, 0.1) is 17.9 Å². The molecule has 92 valence electrons. The van der Waals surface area contributed by atoms with Crippen molar-refractivity contribution in [2.24, 2.45) is 0 Å². The molecule has 1 unspecified atom stereocenters. The van der Waals surface area contributed by atoms with Crippen LogP contribution in [0.2, 0.25) is 0 Å². The fourth-order valence-electron chi connectivity index (χ4n) is 1.57. The second-order valence-electron chi connectivity index (χ2n) is 4.72. The molecule has 0 saturated carbocycles. The van der Waals surface area contributed by atoms with Gasteiger partial charge in [-0.25, -0.2) is 0 Å². The molecule has 0 saturated heterocycles. The van der Waals surface area contributed by atoms with Gasteiger partial charge in [-0.05, 0) is 20.3 Å². The Hall–Kier alpha value is -0.870. The van der Waals surface area contributed by atoms with Crippen LogP contribution in [0.5, 0.6) is 0 Å². The van der Waals surface area contributed by atoms with Gasteiger partial charge in [-0.2, -0.15) is 5.10 Å². The molecule has 16 heavy (non-hydrogen) atoms. The third-order valence-electron chi connectivity index (χ3n) is 2.73. The van der Waals surface area contributed by atoms with E-state index in [1.54, 1.807) is 13.3 Å². The summed E-state index contributed by atoms with van der Waals surface area (Å²) < 4.78 is 7.16. The first-order valence-electron chi connectivity index (χ1n) is 5.74. The number of nitrogens with zero attached hydrogens (tertiary/aromatic N) is 2. The Bertz CT molecular complexity index is 321. The fourth-order valence-corrected chi connectivity index (χ4v) is 1.57. The molecule has 1 aromatic heterocycles. The molecule has 0 spiro atoms.